The van der Waals surface area contributed by atoms with Crippen LogP contribution in [0.4, 0.5) is 0 Å². The van der Waals surface area contributed by atoms with Gasteiger partial charge in [-0.25, -0.2) is 0 Å². The van der Waals surface area contributed by atoms with Crippen LogP contribution < -0.4 is 14.8 Å². The van der Waals surface area contributed by atoms with Gasteiger partial charge in [0.05, 0.1) is 10.0 Å². The van der Waals surface area contributed by atoms with E-state index >= 15 is 0 Å². The van der Waals surface area contributed by atoms with Crippen LogP contribution in [0.25, 0.3) is 0 Å². The smallest absolute Gasteiger partial charge is 0.242 e. The number of aryl methyl sites for hydroxylation is 1. The van der Waals surface area contributed by atoms with Gasteiger partial charge < -0.3 is 19.7 Å². The summed E-state index contributed by atoms with van der Waals surface area (Å²) in [6, 6.07) is 10.4. The molecule has 0 saturated carbocycles. The normalized spacial score (nSPS) is 13.0. The third kappa shape index (κ3) is 6.78. The number of unbranched alkanes of at least 4 members (excludes halogenated alkanes) is 1. The minimum absolute atomic E-state index is 0.101. The zero-order valence-electron chi connectivity index (χ0n) is 19.0. The largest absolute Gasteiger partial charge is 0.454 e. The second-order valence-corrected chi connectivity index (χ2v) is 8.84. The minimum atomic E-state index is -0.569. The van der Waals surface area contributed by atoms with Gasteiger partial charge in [0.1, 0.15) is 6.04 Å². The van der Waals surface area contributed by atoms with Gasteiger partial charge in [0.15, 0.2) is 11.5 Å². The quantitative estimate of drug-likeness (QED) is 0.427. The Morgan fingerprint density at radius 3 is 2.52 bits per heavy atom. The fraction of sp³-hybridized carbons (Fsp3) is 0.440. The summed E-state index contributed by atoms with van der Waals surface area (Å²) < 4.78 is 10.8. The molecule has 0 fully saturated rings. The van der Waals surface area contributed by atoms with E-state index in [4.69, 9.17) is 32.7 Å². The first-order valence-electron chi connectivity index (χ1n) is 11.3. The molecule has 0 aromatic heterocycles. The maximum Gasteiger partial charge on any atom is 0.242 e. The van der Waals surface area contributed by atoms with Crippen molar-refractivity contribution in [2.75, 3.05) is 13.3 Å². The van der Waals surface area contributed by atoms with Crippen LogP contribution >= 0.6 is 23.2 Å². The summed E-state index contributed by atoms with van der Waals surface area (Å²) in [7, 11) is 0. The molecule has 2 amide bonds. The topological polar surface area (TPSA) is 67.9 Å². The van der Waals surface area contributed by atoms with Gasteiger partial charge in [-0.2, -0.15) is 0 Å². The average Bonchev–Trinajstić information content (AvgIpc) is 3.28. The van der Waals surface area contributed by atoms with Crippen molar-refractivity contribution in [3.8, 4) is 11.5 Å². The molecule has 33 heavy (non-hydrogen) atoms. The van der Waals surface area contributed by atoms with Crippen molar-refractivity contribution < 1.29 is 19.1 Å². The third-order valence-corrected chi connectivity index (χ3v) is 6.36. The van der Waals surface area contributed by atoms with Crippen LogP contribution in [-0.4, -0.2) is 36.1 Å². The van der Waals surface area contributed by atoms with Gasteiger partial charge in [-0.1, -0.05) is 55.6 Å². The predicted molar refractivity (Wildman–Crippen MR) is 130 cm³/mol. The first kappa shape index (κ1) is 25.2. The summed E-state index contributed by atoms with van der Waals surface area (Å²) in [5.74, 6) is 1.16. The summed E-state index contributed by atoms with van der Waals surface area (Å²) in [5, 5.41) is 3.84. The predicted octanol–water partition coefficient (Wildman–Crippen LogP) is 5.38. The van der Waals surface area contributed by atoms with Crippen molar-refractivity contribution in [2.45, 2.75) is 58.5 Å². The highest BCUT2D eigenvalue weighted by atomic mass is 35.5. The van der Waals surface area contributed by atoms with Gasteiger partial charge in [0.25, 0.3) is 0 Å². The molecule has 1 aliphatic rings. The zero-order chi connectivity index (χ0) is 23.8. The summed E-state index contributed by atoms with van der Waals surface area (Å²) in [6.07, 6.45) is 3.18. The van der Waals surface area contributed by atoms with Gasteiger partial charge in [-0.3, -0.25) is 9.59 Å². The van der Waals surface area contributed by atoms with E-state index in [-0.39, 0.29) is 31.6 Å². The molecule has 0 aliphatic carbocycles. The molecule has 0 saturated heterocycles. The molecule has 0 bridgehead atoms. The van der Waals surface area contributed by atoms with Crippen LogP contribution in [0.1, 0.15) is 50.7 Å². The molecule has 0 radical (unpaired) electrons. The van der Waals surface area contributed by atoms with Crippen molar-refractivity contribution in [3.63, 3.8) is 0 Å². The molecule has 0 unspecified atom stereocenters. The molecule has 2 aromatic rings. The van der Waals surface area contributed by atoms with Crippen molar-refractivity contribution in [1.29, 1.82) is 0 Å². The number of benzene rings is 2. The Hall–Kier alpha value is -2.44. The number of halogens is 2. The summed E-state index contributed by atoms with van der Waals surface area (Å²) in [4.78, 5) is 27.9. The monoisotopic (exact) mass is 492 g/mol. The lowest BCUT2D eigenvalue weighted by molar-refractivity contribution is -0.141. The molecule has 1 N–H and O–H groups in total. The minimum Gasteiger partial charge on any atom is -0.454 e. The summed E-state index contributed by atoms with van der Waals surface area (Å²) >= 11 is 12.2. The first-order valence-corrected chi connectivity index (χ1v) is 12.1. The molecule has 0 spiro atoms. The average molecular weight is 493 g/mol. The zero-order valence-corrected chi connectivity index (χ0v) is 20.5. The number of fused-ring (bicyclic) bond motifs is 1. The van der Waals surface area contributed by atoms with E-state index in [1.165, 1.54) is 0 Å². The standard InChI is InChI=1S/C25H30Cl2N2O4/c1-3-5-12-28-25(31)21(4-2)29(15-18-6-9-19(26)20(27)13-18)24(30)11-8-17-7-10-22-23(14-17)33-16-32-22/h6-7,9-10,13-14,21H,3-5,8,11-12,15-16H2,1-2H3,(H,28,31)/t21-/m0/s1. The van der Waals surface area contributed by atoms with Crippen LogP contribution in [0.15, 0.2) is 36.4 Å². The lowest BCUT2D eigenvalue weighted by atomic mass is 10.1. The lowest BCUT2D eigenvalue weighted by Gasteiger charge is -2.31. The van der Waals surface area contributed by atoms with Crippen molar-refractivity contribution in [3.05, 3.63) is 57.6 Å². The van der Waals surface area contributed by atoms with Gasteiger partial charge >= 0.3 is 0 Å². The van der Waals surface area contributed by atoms with Gasteiger partial charge in [0, 0.05) is 19.5 Å². The van der Waals surface area contributed by atoms with E-state index in [1.54, 1.807) is 17.0 Å². The van der Waals surface area contributed by atoms with E-state index in [0.717, 1.165) is 24.0 Å². The number of amides is 2. The number of carbonyl (C=O) groups excluding carboxylic acids is 2. The second kappa shape index (κ2) is 12.1. The maximum absolute atomic E-state index is 13.4. The molecule has 3 rings (SSSR count). The molecule has 8 heteroatoms. The number of hydrogen-bond donors (Lipinski definition) is 1. The molecular formula is C25H30Cl2N2O4. The maximum atomic E-state index is 13.4. The van der Waals surface area contributed by atoms with Crippen molar-refractivity contribution in [1.82, 2.24) is 10.2 Å². The van der Waals surface area contributed by atoms with Crippen molar-refractivity contribution in [2.24, 2.45) is 0 Å². The molecule has 1 heterocycles. The van der Waals surface area contributed by atoms with Crippen LogP contribution in [0.3, 0.4) is 0 Å². The van der Waals surface area contributed by atoms with E-state index in [0.29, 0.717) is 40.9 Å². The Morgan fingerprint density at radius 1 is 1.03 bits per heavy atom. The Morgan fingerprint density at radius 2 is 1.79 bits per heavy atom. The molecular weight excluding hydrogens is 463 g/mol. The summed E-state index contributed by atoms with van der Waals surface area (Å²) in [6.45, 7) is 5.06. The SMILES string of the molecule is CCCCNC(=O)[C@H](CC)N(Cc1ccc(Cl)c(Cl)c1)C(=O)CCc1ccc2c(c1)OCO2. The van der Waals surface area contributed by atoms with Crippen molar-refractivity contribution >= 4 is 35.0 Å². The second-order valence-electron chi connectivity index (χ2n) is 8.03. The highest BCUT2D eigenvalue weighted by Gasteiger charge is 2.28. The van der Waals surface area contributed by atoms with E-state index < -0.39 is 6.04 Å². The number of hydrogen-bond acceptors (Lipinski definition) is 4. The molecule has 2 aromatic carbocycles. The van der Waals surface area contributed by atoms with Crippen LogP contribution in [0.5, 0.6) is 11.5 Å². The fourth-order valence-corrected chi connectivity index (χ4v) is 4.07. The highest BCUT2D eigenvalue weighted by Crippen LogP contribution is 2.33. The fourth-order valence-electron chi connectivity index (χ4n) is 3.75. The Labute approximate surface area is 205 Å². The Kier molecular flexibility index (Phi) is 9.27. The van der Waals surface area contributed by atoms with Gasteiger partial charge in [-0.15, -0.1) is 0 Å². The first-order chi connectivity index (χ1) is 15.9. The Balaban J connectivity index is 1.75. The highest BCUT2D eigenvalue weighted by molar-refractivity contribution is 6.42. The number of nitrogens with one attached hydrogen (secondary N) is 1. The van der Waals surface area contributed by atoms with E-state index in [9.17, 15) is 9.59 Å². The van der Waals surface area contributed by atoms with Crippen LogP contribution in [-0.2, 0) is 22.6 Å². The summed E-state index contributed by atoms with van der Waals surface area (Å²) in [5.41, 5.74) is 1.79. The van der Waals surface area contributed by atoms with Crippen LogP contribution in [0.2, 0.25) is 10.0 Å². The molecule has 178 valence electrons. The number of rotatable bonds is 11. The third-order valence-electron chi connectivity index (χ3n) is 5.62. The lowest BCUT2D eigenvalue weighted by Crippen LogP contribution is -2.49. The van der Waals surface area contributed by atoms with E-state index in [2.05, 4.69) is 12.2 Å². The number of ether oxygens (including phenoxy) is 2. The molecule has 6 nitrogen and oxygen atoms in total. The Bertz CT molecular complexity index is 983. The number of nitrogens with zero attached hydrogens (tertiary/aromatic N) is 1. The van der Waals surface area contributed by atoms with E-state index in [1.807, 2.05) is 31.2 Å². The molecule has 1 atom stereocenters. The molecule has 1 aliphatic heterocycles. The van der Waals surface area contributed by atoms with Crippen LogP contribution in [0, 0.1) is 0 Å². The number of carbonyl (C=O) groups is 2. The van der Waals surface area contributed by atoms with Gasteiger partial charge in [0.2, 0.25) is 18.6 Å². The van der Waals surface area contributed by atoms with Gasteiger partial charge in [-0.05, 0) is 54.7 Å².